The van der Waals surface area contributed by atoms with Crippen molar-refractivity contribution in [1.29, 1.82) is 0 Å². The van der Waals surface area contributed by atoms with Crippen LogP contribution >= 0.6 is 11.3 Å². The standard InChI is InChI=1S/C28H37N3O3S/c1-21-29-27-18-25(8-9-28(27)35-21)34-20-24(32)19-31-13-11-30(12-14-31)10-4-5-15-33-26-16-22-6-2-3-7-23(22)17-26/h2-3,6-9,18,24,26,32H,4-5,10-17,19-20H2,1H3/t24-/m1/s1. The molecule has 1 aromatic heterocycles. The van der Waals surface area contributed by atoms with Gasteiger partial charge in [0.1, 0.15) is 18.5 Å². The van der Waals surface area contributed by atoms with Gasteiger partial charge in [-0.05, 0) is 62.4 Å². The normalized spacial score (nSPS) is 18.2. The zero-order valence-electron chi connectivity index (χ0n) is 20.7. The van der Waals surface area contributed by atoms with E-state index in [1.165, 1.54) is 22.2 Å². The fourth-order valence-corrected chi connectivity index (χ4v) is 5.98. The molecular formula is C28H37N3O3S. The lowest BCUT2D eigenvalue weighted by Crippen LogP contribution is -2.49. The molecule has 1 atom stereocenters. The van der Waals surface area contributed by atoms with Crippen LogP contribution in [0.1, 0.15) is 29.0 Å². The highest BCUT2D eigenvalue weighted by atomic mass is 32.1. The highest BCUT2D eigenvalue weighted by Crippen LogP contribution is 2.26. The molecule has 2 aromatic carbocycles. The Bertz CT molecular complexity index is 1070. The minimum atomic E-state index is -0.492. The van der Waals surface area contributed by atoms with Crippen molar-refractivity contribution in [2.24, 2.45) is 0 Å². The zero-order chi connectivity index (χ0) is 24.0. The van der Waals surface area contributed by atoms with Gasteiger partial charge in [-0.3, -0.25) is 4.90 Å². The summed E-state index contributed by atoms with van der Waals surface area (Å²) >= 11 is 1.69. The largest absolute Gasteiger partial charge is 0.491 e. The number of ether oxygens (including phenoxy) is 2. The number of aliphatic hydroxyl groups is 1. The number of aromatic nitrogens is 1. The van der Waals surface area contributed by atoms with E-state index in [9.17, 15) is 5.11 Å². The van der Waals surface area contributed by atoms with Crippen LogP contribution < -0.4 is 4.74 Å². The second-order valence-electron chi connectivity index (χ2n) is 9.85. The fraction of sp³-hybridized carbons (Fsp3) is 0.536. The topological polar surface area (TPSA) is 58.1 Å². The van der Waals surface area contributed by atoms with Gasteiger partial charge in [0.2, 0.25) is 0 Å². The highest BCUT2D eigenvalue weighted by molar-refractivity contribution is 7.18. The van der Waals surface area contributed by atoms with Crippen LogP contribution in [0.4, 0.5) is 0 Å². The molecule has 7 heteroatoms. The van der Waals surface area contributed by atoms with Crippen LogP contribution in [-0.2, 0) is 17.6 Å². The van der Waals surface area contributed by atoms with Crippen molar-refractivity contribution in [3.05, 3.63) is 58.6 Å². The molecular weight excluding hydrogens is 458 g/mol. The third-order valence-electron chi connectivity index (χ3n) is 7.08. The lowest BCUT2D eigenvalue weighted by atomic mass is 10.1. The highest BCUT2D eigenvalue weighted by Gasteiger charge is 2.22. The summed E-state index contributed by atoms with van der Waals surface area (Å²) in [5, 5.41) is 11.5. The van der Waals surface area contributed by atoms with Gasteiger partial charge in [0.05, 0.1) is 21.3 Å². The maximum atomic E-state index is 10.5. The van der Waals surface area contributed by atoms with Crippen molar-refractivity contribution in [3.63, 3.8) is 0 Å². The zero-order valence-corrected chi connectivity index (χ0v) is 21.5. The molecule has 188 valence electrons. The monoisotopic (exact) mass is 495 g/mol. The van der Waals surface area contributed by atoms with Crippen LogP contribution in [0.2, 0.25) is 0 Å². The number of unbranched alkanes of at least 4 members (excludes halogenated alkanes) is 1. The Morgan fingerprint density at radius 2 is 1.77 bits per heavy atom. The SMILES string of the molecule is Cc1nc2cc(OC[C@H](O)CN3CCN(CCCCOC4Cc5ccccc5C4)CC3)ccc2s1. The molecule has 1 saturated heterocycles. The molecule has 3 aromatic rings. The van der Waals surface area contributed by atoms with E-state index in [2.05, 4.69) is 39.0 Å². The Hall–Kier alpha value is -2.03. The Morgan fingerprint density at radius 1 is 1.03 bits per heavy atom. The van der Waals surface area contributed by atoms with Crippen LogP contribution in [0.15, 0.2) is 42.5 Å². The van der Waals surface area contributed by atoms with E-state index in [4.69, 9.17) is 9.47 Å². The molecule has 35 heavy (non-hydrogen) atoms. The molecule has 1 N–H and O–H groups in total. The van der Waals surface area contributed by atoms with Crippen molar-refractivity contribution in [2.45, 2.75) is 44.8 Å². The number of rotatable bonds is 11. The first-order chi connectivity index (χ1) is 17.1. The smallest absolute Gasteiger partial charge is 0.121 e. The third kappa shape index (κ3) is 6.80. The predicted octanol–water partition coefficient (Wildman–Crippen LogP) is 3.93. The summed E-state index contributed by atoms with van der Waals surface area (Å²) in [5.41, 5.74) is 3.88. The fourth-order valence-electron chi connectivity index (χ4n) is 5.17. The van der Waals surface area contributed by atoms with Crippen LogP contribution in [0.25, 0.3) is 10.2 Å². The van der Waals surface area contributed by atoms with Gasteiger partial charge in [-0.1, -0.05) is 24.3 Å². The quantitative estimate of drug-likeness (QED) is 0.407. The maximum absolute atomic E-state index is 10.5. The number of piperazine rings is 1. The van der Waals surface area contributed by atoms with E-state index in [1.54, 1.807) is 11.3 Å². The van der Waals surface area contributed by atoms with Gasteiger partial charge in [-0.25, -0.2) is 4.98 Å². The number of aryl methyl sites for hydroxylation is 1. The molecule has 0 unspecified atom stereocenters. The molecule has 1 fully saturated rings. The summed E-state index contributed by atoms with van der Waals surface area (Å²) in [7, 11) is 0. The molecule has 0 radical (unpaired) electrons. The first-order valence-electron chi connectivity index (χ1n) is 12.9. The van der Waals surface area contributed by atoms with Gasteiger partial charge in [0, 0.05) is 45.4 Å². The maximum Gasteiger partial charge on any atom is 0.121 e. The number of nitrogens with zero attached hydrogens (tertiary/aromatic N) is 3. The van der Waals surface area contributed by atoms with Gasteiger partial charge in [-0.15, -0.1) is 11.3 Å². The Balaban J connectivity index is 0.923. The average Bonchev–Trinajstić information content (AvgIpc) is 3.45. The van der Waals surface area contributed by atoms with E-state index >= 15 is 0 Å². The lowest BCUT2D eigenvalue weighted by Gasteiger charge is -2.35. The molecule has 0 amide bonds. The van der Waals surface area contributed by atoms with Crippen LogP contribution in [0.3, 0.4) is 0 Å². The molecule has 1 aliphatic heterocycles. The van der Waals surface area contributed by atoms with Gasteiger partial charge in [0.25, 0.3) is 0 Å². The number of thiazole rings is 1. The average molecular weight is 496 g/mol. The second kappa shape index (κ2) is 11.8. The minimum absolute atomic E-state index is 0.306. The summed E-state index contributed by atoms with van der Waals surface area (Å²) in [6.07, 6.45) is 4.30. The van der Waals surface area contributed by atoms with Gasteiger partial charge < -0.3 is 19.5 Å². The summed E-state index contributed by atoms with van der Waals surface area (Å²) in [4.78, 5) is 9.40. The first-order valence-corrected chi connectivity index (χ1v) is 13.8. The number of hydrogen-bond acceptors (Lipinski definition) is 7. The Labute approximate surface area is 212 Å². The van der Waals surface area contributed by atoms with E-state index in [0.717, 1.165) is 74.9 Å². The molecule has 2 heterocycles. The second-order valence-corrected chi connectivity index (χ2v) is 11.1. The number of β-amino-alcohol motifs (C(OH)–C–C–N with tert-alkyl or cyclic N) is 1. The van der Waals surface area contributed by atoms with Gasteiger partial charge >= 0.3 is 0 Å². The number of aliphatic hydroxyl groups excluding tert-OH is 1. The van der Waals surface area contributed by atoms with E-state index in [0.29, 0.717) is 19.3 Å². The molecule has 0 saturated carbocycles. The van der Waals surface area contributed by atoms with Gasteiger partial charge in [0.15, 0.2) is 0 Å². The van der Waals surface area contributed by atoms with Gasteiger partial charge in [-0.2, -0.15) is 0 Å². The predicted molar refractivity (Wildman–Crippen MR) is 142 cm³/mol. The molecule has 6 nitrogen and oxygen atoms in total. The summed E-state index contributed by atoms with van der Waals surface area (Å²) in [5.74, 6) is 0.771. The van der Waals surface area contributed by atoms with Crippen molar-refractivity contribution in [2.75, 3.05) is 52.5 Å². The summed E-state index contributed by atoms with van der Waals surface area (Å²) < 4.78 is 13.2. The van der Waals surface area contributed by atoms with Crippen LogP contribution in [-0.4, -0.2) is 84.6 Å². The number of hydrogen-bond donors (Lipinski definition) is 1. The van der Waals surface area contributed by atoms with Crippen molar-refractivity contribution >= 4 is 21.6 Å². The molecule has 1 aliphatic carbocycles. The first kappa shape index (κ1) is 24.7. The lowest BCUT2D eigenvalue weighted by molar-refractivity contribution is 0.0420. The van der Waals surface area contributed by atoms with Crippen LogP contribution in [0, 0.1) is 6.92 Å². The van der Waals surface area contributed by atoms with E-state index < -0.39 is 6.10 Å². The minimum Gasteiger partial charge on any atom is -0.491 e. The van der Waals surface area contributed by atoms with E-state index in [1.807, 2.05) is 25.1 Å². The van der Waals surface area contributed by atoms with Crippen molar-refractivity contribution in [3.8, 4) is 5.75 Å². The summed E-state index contributed by atoms with van der Waals surface area (Å²) in [6.45, 7) is 9.09. The molecule has 2 aliphatic rings. The van der Waals surface area contributed by atoms with E-state index in [-0.39, 0.29) is 0 Å². The number of fused-ring (bicyclic) bond motifs is 2. The van der Waals surface area contributed by atoms with Crippen molar-refractivity contribution < 1.29 is 14.6 Å². The van der Waals surface area contributed by atoms with Crippen LogP contribution in [0.5, 0.6) is 5.75 Å². The molecule has 0 bridgehead atoms. The molecule has 0 spiro atoms. The number of benzene rings is 2. The summed E-state index contributed by atoms with van der Waals surface area (Å²) in [6, 6.07) is 14.7. The Morgan fingerprint density at radius 3 is 2.54 bits per heavy atom. The molecule has 5 rings (SSSR count). The Kier molecular flexibility index (Phi) is 8.31. The van der Waals surface area contributed by atoms with Crippen molar-refractivity contribution in [1.82, 2.24) is 14.8 Å². The third-order valence-corrected chi connectivity index (χ3v) is 8.03.